The molecule has 2 heterocycles. The molecule has 5 heteroatoms. The van der Waals surface area contributed by atoms with Crippen molar-refractivity contribution >= 4 is 39.0 Å². The van der Waals surface area contributed by atoms with Crippen molar-refractivity contribution in [1.29, 1.82) is 0 Å². The highest BCUT2D eigenvalue weighted by molar-refractivity contribution is 6.07. The van der Waals surface area contributed by atoms with E-state index in [1.807, 2.05) is 66.7 Å². The monoisotopic (exact) mass is 746 g/mol. The maximum Gasteiger partial charge on any atom is 0.164 e. The van der Waals surface area contributed by atoms with Crippen molar-refractivity contribution in [2.24, 2.45) is 0 Å². The van der Waals surface area contributed by atoms with E-state index in [0.717, 1.165) is 55.7 Å². The molecule has 8 aromatic carbocycles. The fourth-order valence-electron chi connectivity index (χ4n) is 7.88. The number of fused-ring (bicyclic) bond motifs is 3. The number of benzene rings is 8. The van der Waals surface area contributed by atoms with Gasteiger partial charge in [0, 0.05) is 50.5 Å². The predicted molar refractivity (Wildman–Crippen MR) is 238 cm³/mol. The third kappa shape index (κ3) is 6.49. The fourth-order valence-corrected chi connectivity index (χ4v) is 7.88. The molecule has 2 aromatic heterocycles. The summed E-state index contributed by atoms with van der Waals surface area (Å²) in [6.45, 7) is 4.38. The van der Waals surface area contributed by atoms with Gasteiger partial charge in [-0.2, -0.15) is 0 Å². The zero-order valence-corrected chi connectivity index (χ0v) is 32.2. The Labute approximate surface area is 337 Å². The van der Waals surface area contributed by atoms with Gasteiger partial charge in [-0.25, -0.2) is 15.0 Å². The summed E-state index contributed by atoms with van der Waals surface area (Å²) in [5.74, 6) is 1.83. The normalized spacial score (nSPS) is 11.3. The van der Waals surface area contributed by atoms with Gasteiger partial charge in [0.15, 0.2) is 17.5 Å². The highest BCUT2D eigenvalue weighted by atomic mass is 16.3. The average molecular weight is 747 g/mol. The Hall–Kier alpha value is -7.63. The van der Waals surface area contributed by atoms with Gasteiger partial charge in [0.1, 0.15) is 11.2 Å². The lowest BCUT2D eigenvalue weighted by molar-refractivity contribution is 0.669. The predicted octanol–water partition coefficient (Wildman–Crippen LogP) is 14.2. The Morgan fingerprint density at radius 1 is 0.379 bits per heavy atom. The van der Waals surface area contributed by atoms with Crippen molar-refractivity contribution in [1.82, 2.24) is 15.0 Å². The van der Waals surface area contributed by atoms with Crippen molar-refractivity contribution in [3.05, 3.63) is 205 Å². The molecule has 0 fully saturated rings. The molecule has 0 saturated carbocycles. The van der Waals surface area contributed by atoms with Gasteiger partial charge < -0.3 is 9.32 Å². The molecule has 0 amide bonds. The summed E-state index contributed by atoms with van der Waals surface area (Å²) in [5.41, 5.74) is 14.6. The largest absolute Gasteiger partial charge is 0.456 e. The van der Waals surface area contributed by atoms with Crippen LogP contribution in [0.1, 0.15) is 11.1 Å². The first-order valence-corrected chi connectivity index (χ1v) is 19.5. The summed E-state index contributed by atoms with van der Waals surface area (Å²) in [7, 11) is 0. The van der Waals surface area contributed by atoms with Crippen LogP contribution in [0, 0.1) is 13.8 Å². The number of aromatic nitrogens is 3. The number of hydrogen-bond donors (Lipinski definition) is 0. The molecule has 0 radical (unpaired) electrons. The summed E-state index contributed by atoms with van der Waals surface area (Å²) in [6.07, 6.45) is 0. The molecule has 0 aliphatic rings. The zero-order chi connectivity index (χ0) is 39.0. The van der Waals surface area contributed by atoms with E-state index < -0.39 is 0 Å². The molecular weight excluding hydrogens is 709 g/mol. The molecule has 0 atom stereocenters. The van der Waals surface area contributed by atoms with E-state index in [4.69, 9.17) is 19.4 Å². The maximum absolute atomic E-state index is 6.74. The highest BCUT2D eigenvalue weighted by Gasteiger charge is 2.22. The SMILES string of the molecule is Cc1ccccc1-c1c(C)cccc1N(c1ccc(-c2ccccc2)cc1)c1ccc2c(c1)oc1cc(-c3nc(-c4ccccc4)nc(-c4ccccc4)n3)ccc12. The molecule has 0 bridgehead atoms. The van der Waals surface area contributed by atoms with Gasteiger partial charge in [-0.3, -0.25) is 0 Å². The van der Waals surface area contributed by atoms with Crippen molar-refractivity contribution in [3.8, 4) is 56.4 Å². The van der Waals surface area contributed by atoms with E-state index in [1.54, 1.807) is 0 Å². The van der Waals surface area contributed by atoms with Crippen LogP contribution >= 0.6 is 0 Å². The van der Waals surface area contributed by atoms with Crippen LogP contribution in [0.2, 0.25) is 0 Å². The molecule has 10 aromatic rings. The summed E-state index contributed by atoms with van der Waals surface area (Å²) in [4.78, 5) is 17.2. The molecular formula is C53H38N4O. The van der Waals surface area contributed by atoms with Gasteiger partial charge >= 0.3 is 0 Å². The first-order chi connectivity index (χ1) is 28.6. The quantitative estimate of drug-likeness (QED) is 0.155. The number of rotatable bonds is 8. The van der Waals surface area contributed by atoms with Crippen LogP contribution < -0.4 is 4.90 Å². The summed E-state index contributed by atoms with van der Waals surface area (Å²) < 4.78 is 6.74. The van der Waals surface area contributed by atoms with Crippen LogP contribution in [-0.2, 0) is 0 Å². The van der Waals surface area contributed by atoms with Crippen LogP contribution in [0.25, 0.3) is 78.4 Å². The minimum atomic E-state index is 0.587. The van der Waals surface area contributed by atoms with Crippen LogP contribution in [0.3, 0.4) is 0 Å². The molecule has 0 N–H and O–H groups in total. The molecule has 5 nitrogen and oxygen atoms in total. The number of furan rings is 1. The Kier molecular flexibility index (Phi) is 8.88. The molecule has 276 valence electrons. The Morgan fingerprint density at radius 2 is 0.862 bits per heavy atom. The lowest BCUT2D eigenvalue weighted by Gasteiger charge is -2.29. The molecule has 0 aliphatic carbocycles. The summed E-state index contributed by atoms with van der Waals surface area (Å²) in [5, 5.41) is 2.07. The van der Waals surface area contributed by atoms with E-state index in [9.17, 15) is 0 Å². The van der Waals surface area contributed by atoms with Gasteiger partial charge in [-0.05, 0) is 84.1 Å². The number of nitrogens with zero attached hydrogens (tertiary/aromatic N) is 4. The van der Waals surface area contributed by atoms with Crippen molar-refractivity contribution in [3.63, 3.8) is 0 Å². The standard InChI is InChI=1S/C53H38N4O/c1-35-15-12-13-23-44(35)50-36(2)16-14-24-47(50)57(42-28-25-38(26-29-42)37-17-6-3-7-18-37)43-30-32-46-45-31-27-41(33-48(45)58-49(46)34-43)53-55-51(39-19-8-4-9-20-39)54-52(56-53)40-21-10-5-11-22-40/h3-34H,1-2H3. The van der Waals surface area contributed by atoms with Crippen molar-refractivity contribution in [2.75, 3.05) is 4.90 Å². The van der Waals surface area contributed by atoms with E-state index in [2.05, 4.69) is 146 Å². The summed E-state index contributed by atoms with van der Waals surface area (Å²) in [6, 6.07) is 67.4. The first-order valence-electron chi connectivity index (χ1n) is 19.5. The molecule has 0 spiro atoms. The Morgan fingerprint density at radius 3 is 1.50 bits per heavy atom. The van der Waals surface area contributed by atoms with Gasteiger partial charge in [0.05, 0.1) is 5.69 Å². The smallest absolute Gasteiger partial charge is 0.164 e. The lowest BCUT2D eigenvalue weighted by atomic mass is 9.94. The number of hydrogen-bond acceptors (Lipinski definition) is 5. The van der Waals surface area contributed by atoms with Gasteiger partial charge in [-0.1, -0.05) is 146 Å². The lowest BCUT2D eigenvalue weighted by Crippen LogP contribution is -2.12. The van der Waals surface area contributed by atoms with Crippen LogP contribution in [0.4, 0.5) is 17.1 Å². The molecule has 0 aliphatic heterocycles. The molecule has 58 heavy (non-hydrogen) atoms. The van der Waals surface area contributed by atoms with Crippen molar-refractivity contribution in [2.45, 2.75) is 13.8 Å². The van der Waals surface area contributed by atoms with Crippen LogP contribution in [0.5, 0.6) is 0 Å². The third-order valence-electron chi connectivity index (χ3n) is 10.8. The number of anilines is 3. The van der Waals surface area contributed by atoms with Crippen LogP contribution in [-0.4, -0.2) is 15.0 Å². The Balaban J connectivity index is 1.11. The van der Waals surface area contributed by atoms with Gasteiger partial charge in [-0.15, -0.1) is 0 Å². The highest BCUT2D eigenvalue weighted by Crippen LogP contribution is 2.45. The molecule has 0 unspecified atom stereocenters. The minimum Gasteiger partial charge on any atom is -0.456 e. The summed E-state index contributed by atoms with van der Waals surface area (Å²) >= 11 is 0. The second-order valence-electron chi connectivity index (χ2n) is 14.6. The minimum absolute atomic E-state index is 0.587. The zero-order valence-electron chi connectivity index (χ0n) is 32.2. The van der Waals surface area contributed by atoms with E-state index in [-0.39, 0.29) is 0 Å². The molecule has 10 rings (SSSR count). The Bertz CT molecular complexity index is 3010. The van der Waals surface area contributed by atoms with Crippen molar-refractivity contribution < 1.29 is 4.42 Å². The third-order valence-corrected chi connectivity index (χ3v) is 10.8. The van der Waals surface area contributed by atoms with Gasteiger partial charge in [0.25, 0.3) is 0 Å². The first kappa shape index (κ1) is 34.8. The average Bonchev–Trinajstić information content (AvgIpc) is 3.65. The van der Waals surface area contributed by atoms with Crippen LogP contribution in [0.15, 0.2) is 199 Å². The maximum atomic E-state index is 6.74. The van der Waals surface area contributed by atoms with Gasteiger partial charge in [0.2, 0.25) is 0 Å². The fraction of sp³-hybridized carbons (Fsp3) is 0.0377. The molecule has 0 saturated heterocycles. The topological polar surface area (TPSA) is 55.1 Å². The second kappa shape index (κ2) is 14.8. The second-order valence-corrected chi connectivity index (χ2v) is 14.6. The van der Waals surface area contributed by atoms with E-state index in [1.165, 1.54) is 33.4 Å². The number of aryl methyl sites for hydroxylation is 2. The van der Waals surface area contributed by atoms with E-state index in [0.29, 0.717) is 17.5 Å². The van der Waals surface area contributed by atoms with E-state index >= 15 is 0 Å².